The van der Waals surface area contributed by atoms with Gasteiger partial charge in [0.1, 0.15) is 0 Å². The number of carbonyl (C=O) groups is 1. The van der Waals surface area contributed by atoms with Crippen molar-refractivity contribution in [2.75, 3.05) is 11.5 Å². The summed E-state index contributed by atoms with van der Waals surface area (Å²) in [6, 6.07) is 4.93. The maximum atomic E-state index is 12.0. The summed E-state index contributed by atoms with van der Waals surface area (Å²) in [5.74, 6) is 0.146. The molecule has 18 heavy (non-hydrogen) atoms. The first-order chi connectivity index (χ1) is 8.40. The highest BCUT2D eigenvalue weighted by Crippen LogP contribution is 2.22. The first-order valence-corrected chi connectivity index (χ1v) is 7.32. The van der Waals surface area contributed by atoms with Crippen LogP contribution < -0.4 is 11.1 Å². The van der Waals surface area contributed by atoms with Gasteiger partial charge in [-0.2, -0.15) is 0 Å². The van der Waals surface area contributed by atoms with Crippen LogP contribution in [0.2, 0.25) is 5.02 Å². The number of nitrogen functional groups attached to an aromatic ring is 1. The monoisotopic (exact) mass is 288 g/mol. The number of nitrogens with two attached hydrogens (primary N) is 1. The molecule has 3 N–H and O–H groups in total. The zero-order valence-electron chi connectivity index (χ0n) is 10.4. The predicted octanol–water partition coefficient (Wildman–Crippen LogP) is 1.94. The summed E-state index contributed by atoms with van der Waals surface area (Å²) >= 11 is 5.95. The van der Waals surface area contributed by atoms with Crippen molar-refractivity contribution >= 4 is 34.0 Å². The summed E-state index contributed by atoms with van der Waals surface area (Å²) in [5.41, 5.74) is 6.08. The van der Waals surface area contributed by atoms with Gasteiger partial charge in [-0.3, -0.25) is 9.00 Å². The minimum absolute atomic E-state index is 0.0889. The third-order valence-electron chi connectivity index (χ3n) is 2.17. The zero-order chi connectivity index (χ0) is 13.7. The molecule has 1 amide bonds. The van der Waals surface area contributed by atoms with Gasteiger partial charge in [-0.1, -0.05) is 11.6 Å². The van der Waals surface area contributed by atoms with Gasteiger partial charge >= 0.3 is 0 Å². The minimum Gasteiger partial charge on any atom is -0.399 e. The maximum absolute atomic E-state index is 12.0. The van der Waals surface area contributed by atoms with Crippen LogP contribution in [-0.4, -0.2) is 21.9 Å². The first kappa shape index (κ1) is 15.0. The summed E-state index contributed by atoms with van der Waals surface area (Å²) in [6.07, 6.45) is 0.214. The van der Waals surface area contributed by atoms with Crippen molar-refractivity contribution in [1.82, 2.24) is 5.32 Å². The lowest BCUT2D eigenvalue weighted by Crippen LogP contribution is -2.30. The van der Waals surface area contributed by atoms with Crippen molar-refractivity contribution in [2.45, 2.75) is 31.2 Å². The Morgan fingerprint density at radius 2 is 2.17 bits per heavy atom. The lowest BCUT2D eigenvalue weighted by molar-refractivity contribution is -0.121. The van der Waals surface area contributed by atoms with Crippen LogP contribution in [-0.2, 0) is 15.6 Å². The average Bonchev–Trinajstić information content (AvgIpc) is 2.25. The Bertz CT molecular complexity index is 463. The Morgan fingerprint density at radius 3 is 2.72 bits per heavy atom. The number of halogens is 1. The first-order valence-electron chi connectivity index (χ1n) is 5.63. The minimum atomic E-state index is -1.29. The predicted molar refractivity (Wildman–Crippen MR) is 75.0 cm³/mol. The summed E-state index contributed by atoms with van der Waals surface area (Å²) < 4.78 is 12.0. The molecule has 0 radical (unpaired) electrons. The second kappa shape index (κ2) is 6.75. The van der Waals surface area contributed by atoms with E-state index in [1.807, 2.05) is 13.8 Å². The van der Waals surface area contributed by atoms with E-state index >= 15 is 0 Å². The van der Waals surface area contributed by atoms with Crippen LogP contribution in [0.4, 0.5) is 5.69 Å². The maximum Gasteiger partial charge on any atom is 0.221 e. The molecule has 0 aliphatic rings. The molecule has 0 aliphatic heterocycles. The van der Waals surface area contributed by atoms with Crippen LogP contribution in [0.5, 0.6) is 0 Å². The van der Waals surface area contributed by atoms with E-state index in [2.05, 4.69) is 5.32 Å². The molecule has 1 aromatic rings. The topological polar surface area (TPSA) is 72.2 Å². The highest BCUT2D eigenvalue weighted by atomic mass is 35.5. The van der Waals surface area contributed by atoms with E-state index in [9.17, 15) is 9.00 Å². The van der Waals surface area contributed by atoms with E-state index in [0.29, 0.717) is 15.6 Å². The van der Waals surface area contributed by atoms with Crippen molar-refractivity contribution in [3.8, 4) is 0 Å². The van der Waals surface area contributed by atoms with E-state index < -0.39 is 10.8 Å². The summed E-state index contributed by atoms with van der Waals surface area (Å²) in [6.45, 7) is 3.76. The van der Waals surface area contributed by atoms with E-state index in [-0.39, 0.29) is 24.1 Å². The highest BCUT2D eigenvalue weighted by Gasteiger charge is 2.11. The Balaban J connectivity index is 2.58. The Labute approximate surface area is 114 Å². The van der Waals surface area contributed by atoms with E-state index in [4.69, 9.17) is 17.3 Å². The summed E-state index contributed by atoms with van der Waals surface area (Å²) in [4.78, 5) is 11.9. The molecule has 4 nitrogen and oxygen atoms in total. The molecule has 100 valence electrons. The molecular weight excluding hydrogens is 272 g/mol. The van der Waals surface area contributed by atoms with Gasteiger partial charge in [-0.05, 0) is 32.0 Å². The number of carbonyl (C=O) groups excluding carboxylic acids is 1. The van der Waals surface area contributed by atoms with Gasteiger partial charge in [0, 0.05) is 23.9 Å². The molecule has 0 heterocycles. The molecule has 6 heteroatoms. The van der Waals surface area contributed by atoms with Gasteiger partial charge in [0.05, 0.1) is 20.7 Å². The lowest BCUT2D eigenvalue weighted by Gasteiger charge is -2.08. The SMILES string of the molecule is CC(C)NC(=O)CCS(=O)c1ccc(N)cc1Cl. The van der Waals surface area contributed by atoms with Crippen molar-refractivity contribution in [3.05, 3.63) is 23.2 Å². The largest absolute Gasteiger partial charge is 0.399 e. The fourth-order valence-electron chi connectivity index (χ4n) is 1.39. The second-order valence-corrected chi connectivity index (χ2v) is 6.16. The average molecular weight is 289 g/mol. The van der Waals surface area contributed by atoms with Gasteiger partial charge in [-0.15, -0.1) is 0 Å². The van der Waals surface area contributed by atoms with E-state index in [1.165, 1.54) is 0 Å². The Morgan fingerprint density at radius 1 is 1.50 bits per heavy atom. The Kier molecular flexibility index (Phi) is 5.62. The van der Waals surface area contributed by atoms with Gasteiger partial charge in [-0.25, -0.2) is 0 Å². The van der Waals surface area contributed by atoms with Gasteiger partial charge in [0.25, 0.3) is 0 Å². The number of hydrogen-bond donors (Lipinski definition) is 2. The third kappa shape index (κ3) is 4.66. The number of rotatable bonds is 5. The van der Waals surface area contributed by atoms with Gasteiger partial charge in [0.2, 0.25) is 5.91 Å². The molecule has 0 aliphatic carbocycles. The molecule has 1 rings (SSSR count). The molecule has 0 spiro atoms. The smallest absolute Gasteiger partial charge is 0.221 e. The van der Waals surface area contributed by atoms with Crippen LogP contribution >= 0.6 is 11.6 Å². The van der Waals surface area contributed by atoms with E-state index in [0.717, 1.165) is 0 Å². The summed E-state index contributed by atoms with van der Waals surface area (Å²) in [5, 5.41) is 3.12. The number of amides is 1. The van der Waals surface area contributed by atoms with Crippen molar-refractivity contribution in [3.63, 3.8) is 0 Å². The molecule has 0 fully saturated rings. The van der Waals surface area contributed by atoms with Crippen LogP contribution in [0.25, 0.3) is 0 Å². The van der Waals surface area contributed by atoms with Gasteiger partial charge < -0.3 is 11.1 Å². The number of anilines is 1. The normalized spacial score (nSPS) is 12.4. The molecule has 0 aromatic heterocycles. The molecular formula is C12H17ClN2O2S. The van der Waals surface area contributed by atoms with Crippen molar-refractivity contribution in [1.29, 1.82) is 0 Å². The highest BCUT2D eigenvalue weighted by molar-refractivity contribution is 7.85. The standard InChI is InChI=1S/C12H17ClN2O2S/c1-8(2)15-12(16)5-6-18(17)11-4-3-9(14)7-10(11)13/h3-4,7-8H,5-6,14H2,1-2H3,(H,15,16). The quantitative estimate of drug-likeness (QED) is 0.814. The van der Waals surface area contributed by atoms with E-state index in [1.54, 1.807) is 18.2 Å². The second-order valence-electron chi connectivity index (χ2n) is 4.21. The fourth-order valence-corrected chi connectivity index (χ4v) is 2.93. The number of benzene rings is 1. The molecule has 1 aromatic carbocycles. The number of nitrogens with one attached hydrogen (secondary N) is 1. The molecule has 0 bridgehead atoms. The summed E-state index contributed by atoms with van der Waals surface area (Å²) in [7, 11) is -1.29. The van der Waals surface area contributed by atoms with Crippen LogP contribution in [0, 0.1) is 0 Å². The molecule has 1 atom stereocenters. The van der Waals surface area contributed by atoms with Gasteiger partial charge in [0.15, 0.2) is 0 Å². The van der Waals surface area contributed by atoms with Crippen molar-refractivity contribution < 1.29 is 9.00 Å². The molecule has 0 saturated carbocycles. The molecule has 1 unspecified atom stereocenters. The fraction of sp³-hybridized carbons (Fsp3) is 0.417. The lowest BCUT2D eigenvalue weighted by atomic mass is 10.3. The van der Waals surface area contributed by atoms with Crippen molar-refractivity contribution in [2.24, 2.45) is 0 Å². The number of hydrogen-bond acceptors (Lipinski definition) is 3. The Hall–Kier alpha value is -1.07. The zero-order valence-corrected chi connectivity index (χ0v) is 12.0. The van der Waals surface area contributed by atoms with Crippen LogP contribution in [0.3, 0.4) is 0 Å². The molecule has 0 saturated heterocycles. The van der Waals surface area contributed by atoms with Crippen LogP contribution in [0.15, 0.2) is 23.1 Å². The third-order valence-corrected chi connectivity index (χ3v) is 4.01. The van der Waals surface area contributed by atoms with Crippen LogP contribution in [0.1, 0.15) is 20.3 Å².